The first-order valence-electron chi connectivity index (χ1n) is 6.28. The van der Waals surface area contributed by atoms with E-state index in [-0.39, 0.29) is 10.6 Å². The lowest BCUT2D eigenvalue weighted by atomic mass is 10.2. The minimum atomic E-state index is -0.384. The second-order valence-corrected chi connectivity index (χ2v) is 4.31. The van der Waals surface area contributed by atoms with Crippen LogP contribution < -0.4 is 5.32 Å². The summed E-state index contributed by atoms with van der Waals surface area (Å²) in [6.45, 7) is 4.56. The number of hydrogen-bond acceptors (Lipinski definition) is 3. The maximum Gasteiger partial charge on any atom is 0.269 e. The largest absolute Gasteiger partial charge is 0.351 e. The van der Waals surface area contributed by atoms with Gasteiger partial charge in [-0.3, -0.25) is 10.1 Å². The van der Waals surface area contributed by atoms with Crippen LogP contribution in [-0.2, 0) is 19.6 Å². The lowest BCUT2D eigenvalue weighted by Crippen LogP contribution is -2.15. The highest BCUT2D eigenvalue weighted by molar-refractivity contribution is 5.32. The molecule has 1 N–H and O–H groups in total. The van der Waals surface area contributed by atoms with Gasteiger partial charge in [-0.2, -0.15) is 0 Å². The van der Waals surface area contributed by atoms with Crippen LogP contribution in [0.1, 0.15) is 18.2 Å². The third-order valence-corrected chi connectivity index (χ3v) is 3.05. The van der Waals surface area contributed by atoms with E-state index in [0.717, 1.165) is 18.7 Å². The molecule has 5 heteroatoms. The van der Waals surface area contributed by atoms with Gasteiger partial charge in [0.05, 0.1) is 4.92 Å². The molecule has 100 valence electrons. The van der Waals surface area contributed by atoms with Crippen LogP contribution >= 0.6 is 0 Å². The van der Waals surface area contributed by atoms with Crippen molar-refractivity contribution in [3.8, 4) is 0 Å². The number of non-ortho nitro benzene ring substituents is 1. The van der Waals surface area contributed by atoms with Crippen molar-refractivity contribution in [2.75, 3.05) is 0 Å². The van der Waals surface area contributed by atoms with Gasteiger partial charge in [0.2, 0.25) is 0 Å². The third-order valence-electron chi connectivity index (χ3n) is 3.05. The highest BCUT2D eigenvalue weighted by Crippen LogP contribution is 2.11. The molecule has 2 rings (SSSR count). The number of aromatic nitrogens is 1. The van der Waals surface area contributed by atoms with E-state index in [2.05, 4.69) is 29.1 Å². The van der Waals surface area contributed by atoms with Crippen molar-refractivity contribution in [2.45, 2.75) is 26.6 Å². The molecule has 0 spiro atoms. The number of nitrogens with one attached hydrogen (secondary N) is 1. The molecule has 1 aromatic carbocycles. The summed E-state index contributed by atoms with van der Waals surface area (Å²) < 4.78 is 2.18. The third kappa shape index (κ3) is 3.42. The first kappa shape index (κ1) is 13.3. The van der Waals surface area contributed by atoms with Crippen molar-refractivity contribution in [3.05, 3.63) is 64.0 Å². The van der Waals surface area contributed by atoms with Crippen molar-refractivity contribution < 1.29 is 4.92 Å². The molecule has 1 aromatic heterocycles. The van der Waals surface area contributed by atoms with Crippen LogP contribution in [0.5, 0.6) is 0 Å². The van der Waals surface area contributed by atoms with Gasteiger partial charge >= 0.3 is 0 Å². The first-order valence-corrected chi connectivity index (χ1v) is 6.28. The molecular weight excluding hydrogens is 242 g/mol. The van der Waals surface area contributed by atoms with Crippen LogP contribution in [-0.4, -0.2) is 9.49 Å². The monoisotopic (exact) mass is 259 g/mol. The average Bonchev–Trinajstić information content (AvgIpc) is 2.87. The first-order chi connectivity index (χ1) is 9.20. The van der Waals surface area contributed by atoms with Gasteiger partial charge in [0.25, 0.3) is 5.69 Å². The van der Waals surface area contributed by atoms with Gasteiger partial charge < -0.3 is 9.88 Å². The predicted octanol–water partition coefficient (Wildman–Crippen LogP) is 2.71. The zero-order chi connectivity index (χ0) is 13.7. The van der Waals surface area contributed by atoms with Gasteiger partial charge in [-0.05, 0) is 24.6 Å². The van der Waals surface area contributed by atoms with Crippen molar-refractivity contribution >= 4 is 5.69 Å². The average molecular weight is 259 g/mol. The van der Waals surface area contributed by atoms with Gasteiger partial charge in [0, 0.05) is 43.7 Å². The smallest absolute Gasteiger partial charge is 0.269 e. The second kappa shape index (κ2) is 6.15. The quantitative estimate of drug-likeness (QED) is 0.641. The van der Waals surface area contributed by atoms with E-state index in [1.165, 1.54) is 17.8 Å². The summed E-state index contributed by atoms with van der Waals surface area (Å²) in [5.74, 6) is 0. The van der Waals surface area contributed by atoms with E-state index >= 15 is 0 Å². The highest BCUT2D eigenvalue weighted by atomic mass is 16.6. The summed E-state index contributed by atoms with van der Waals surface area (Å²) in [7, 11) is 0. The molecule has 0 bridgehead atoms. The zero-order valence-corrected chi connectivity index (χ0v) is 10.9. The van der Waals surface area contributed by atoms with Crippen LogP contribution in [0.3, 0.4) is 0 Å². The molecular formula is C14H17N3O2. The Balaban J connectivity index is 1.87. The van der Waals surface area contributed by atoms with Gasteiger partial charge in [-0.25, -0.2) is 0 Å². The summed E-state index contributed by atoms with van der Waals surface area (Å²) in [4.78, 5) is 10.2. The number of rotatable bonds is 6. The second-order valence-electron chi connectivity index (χ2n) is 4.31. The molecule has 0 aliphatic heterocycles. The molecule has 0 saturated heterocycles. The Bertz CT molecular complexity index is 546. The lowest BCUT2D eigenvalue weighted by Gasteiger charge is -2.08. The van der Waals surface area contributed by atoms with E-state index in [1.807, 2.05) is 6.07 Å². The molecule has 0 unspecified atom stereocenters. The van der Waals surface area contributed by atoms with Crippen LogP contribution in [0.4, 0.5) is 5.69 Å². The van der Waals surface area contributed by atoms with Crippen molar-refractivity contribution in [1.29, 1.82) is 0 Å². The van der Waals surface area contributed by atoms with E-state index < -0.39 is 0 Å². The molecule has 19 heavy (non-hydrogen) atoms. The van der Waals surface area contributed by atoms with Crippen LogP contribution in [0.2, 0.25) is 0 Å². The number of benzene rings is 1. The molecule has 0 saturated carbocycles. The molecule has 0 atom stereocenters. The molecule has 5 nitrogen and oxygen atoms in total. The van der Waals surface area contributed by atoms with Crippen LogP contribution in [0.15, 0.2) is 42.6 Å². The SMILES string of the molecule is CCn1cccc1CNCc1ccc([N+](=O)[O-])cc1. The summed E-state index contributed by atoms with van der Waals surface area (Å²) in [5.41, 5.74) is 2.41. The van der Waals surface area contributed by atoms with Crippen molar-refractivity contribution in [1.82, 2.24) is 9.88 Å². The lowest BCUT2D eigenvalue weighted by molar-refractivity contribution is -0.384. The Hall–Kier alpha value is -2.14. The Kier molecular flexibility index (Phi) is 4.30. The minimum absolute atomic E-state index is 0.128. The van der Waals surface area contributed by atoms with E-state index in [0.29, 0.717) is 6.54 Å². The Labute approximate surface area is 112 Å². The van der Waals surface area contributed by atoms with Gasteiger partial charge in [-0.1, -0.05) is 12.1 Å². The summed E-state index contributed by atoms with van der Waals surface area (Å²) >= 11 is 0. The van der Waals surface area contributed by atoms with E-state index in [9.17, 15) is 10.1 Å². The Morgan fingerprint density at radius 1 is 1.21 bits per heavy atom. The maximum atomic E-state index is 10.5. The maximum absolute atomic E-state index is 10.5. The van der Waals surface area contributed by atoms with Crippen LogP contribution in [0.25, 0.3) is 0 Å². The fourth-order valence-corrected chi connectivity index (χ4v) is 1.99. The van der Waals surface area contributed by atoms with E-state index in [4.69, 9.17) is 0 Å². The molecule has 2 aromatic rings. The number of aryl methyl sites for hydroxylation is 1. The topological polar surface area (TPSA) is 60.1 Å². The normalized spacial score (nSPS) is 10.6. The molecule has 0 radical (unpaired) electrons. The molecule has 1 heterocycles. The number of nitro groups is 1. The molecule has 0 amide bonds. The van der Waals surface area contributed by atoms with Gasteiger partial charge in [0.15, 0.2) is 0 Å². The number of nitrogens with zero attached hydrogens (tertiary/aromatic N) is 2. The van der Waals surface area contributed by atoms with Gasteiger partial charge in [0.1, 0.15) is 0 Å². The number of nitro benzene ring substituents is 1. The summed E-state index contributed by atoms with van der Waals surface area (Å²) in [5, 5.41) is 13.9. The Morgan fingerprint density at radius 3 is 2.58 bits per heavy atom. The van der Waals surface area contributed by atoms with Gasteiger partial charge in [-0.15, -0.1) is 0 Å². The molecule has 0 aliphatic carbocycles. The predicted molar refractivity (Wildman–Crippen MR) is 73.7 cm³/mol. The highest BCUT2D eigenvalue weighted by Gasteiger charge is 2.04. The fourth-order valence-electron chi connectivity index (χ4n) is 1.99. The van der Waals surface area contributed by atoms with Crippen LogP contribution in [0, 0.1) is 10.1 Å². The standard InChI is InChI=1S/C14H17N3O2/c1-2-16-9-3-4-14(16)11-15-10-12-5-7-13(8-6-12)17(18)19/h3-9,15H,2,10-11H2,1H3. The summed E-state index contributed by atoms with van der Waals surface area (Å²) in [6, 6.07) is 10.8. The minimum Gasteiger partial charge on any atom is -0.351 e. The molecule has 0 aliphatic rings. The molecule has 0 fully saturated rings. The number of hydrogen-bond donors (Lipinski definition) is 1. The van der Waals surface area contributed by atoms with Crippen molar-refractivity contribution in [3.63, 3.8) is 0 Å². The van der Waals surface area contributed by atoms with E-state index in [1.54, 1.807) is 12.1 Å². The summed E-state index contributed by atoms with van der Waals surface area (Å²) in [6.07, 6.45) is 2.06. The zero-order valence-electron chi connectivity index (χ0n) is 10.9. The van der Waals surface area contributed by atoms with Crippen molar-refractivity contribution in [2.24, 2.45) is 0 Å². The fraction of sp³-hybridized carbons (Fsp3) is 0.286. The Morgan fingerprint density at radius 2 is 1.95 bits per heavy atom.